The summed E-state index contributed by atoms with van der Waals surface area (Å²) in [6, 6.07) is 9.56. The summed E-state index contributed by atoms with van der Waals surface area (Å²) in [6.07, 6.45) is 14.2. The van der Waals surface area contributed by atoms with E-state index in [1.807, 2.05) is 18.2 Å². The highest BCUT2D eigenvalue weighted by molar-refractivity contribution is 6.02. The van der Waals surface area contributed by atoms with Crippen LogP contribution >= 0.6 is 0 Å². The average molecular weight is 565 g/mol. The Labute approximate surface area is 243 Å². The van der Waals surface area contributed by atoms with E-state index in [0.717, 1.165) is 64.7 Å². The van der Waals surface area contributed by atoms with Crippen molar-refractivity contribution < 1.29 is 14.2 Å². The highest BCUT2D eigenvalue weighted by Gasteiger charge is 2.45. The Kier molecular flexibility index (Phi) is 5.99. The van der Waals surface area contributed by atoms with Crippen LogP contribution in [-0.4, -0.2) is 75.4 Å². The molecule has 0 saturated carbocycles. The Balaban J connectivity index is 1.27. The normalized spacial score (nSPS) is 23.0. The molecule has 8 nitrogen and oxygen atoms in total. The SMILES string of the molecule is C#Cc1cccc2cc(O)cc(-c3ncc4c(N5CC6CCC(C5)N6)nc(OCC56CCCN5CCC6)nc4c3F)c12. The molecule has 4 aromatic rings. The van der Waals surface area contributed by atoms with Crippen molar-refractivity contribution in [2.45, 2.75) is 56.1 Å². The van der Waals surface area contributed by atoms with E-state index in [1.54, 1.807) is 12.3 Å². The number of rotatable bonds is 5. The molecule has 0 amide bonds. The molecule has 2 N–H and O–H groups in total. The fraction of sp³-hybridized carbons (Fsp3) is 0.424. The highest BCUT2D eigenvalue weighted by atomic mass is 19.1. The molecule has 4 fully saturated rings. The first-order valence-corrected chi connectivity index (χ1v) is 15.0. The van der Waals surface area contributed by atoms with Gasteiger partial charge in [-0.1, -0.05) is 18.1 Å². The second kappa shape index (κ2) is 9.79. The van der Waals surface area contributed by atoms with Crippen molar-refractivity contribution in [2.24, 2.45) is 0 Å². The Bertz CT molecular complexity index is 1750. The molecular weight excluding hydrogens is 531 g/mol. The number of fused-ring (bicyclic) bond motifs is 5. The van der Waals surface area contributed by atoms with Gasteiger partial charge in [0.15, 0.2) is 5.82 Å². The molecule has 8 rings (SSSR count). The molecule has 4 aliphatic heterocycles. The molecule has 2 bridgehead atoms. The molecule has 2 atom stereocenters. The number of halogens is 1. The van der Waals surface area contributed by atoms with E-state index in [4.69, 9.17) is 16.1 Å². The number of phenols is 1. The molecule has 9 heteroatoms. The van der Waals surface area contributed by atoms with E-state index >= 15 is 4.39 Å². The van der Waals surface area contributed by atoms with Crippen LogP contribution in [0.1, 0.15) is 44.1 Å². The maximum absolute atomic E-state index is 16.7. The van der Waals surface area contributed by atoms with Crippen LogP contribution in [0, 0.1) is 18.2 Å². The number of terminal acetylenes is 1. The third kappa shape index (κ3) is 4.08. The van der Waals surface area contributed by atoms with E-state index in [2.05, 4.69) is 31.0 Å². The van der Waals surface area contributed by atoms with Crippen molar-refractivity contribution in [3.8, 4) is 35.4 Å². The summed E-state index contributed by atoms with van der Waals surface area (Å²) in [5, 5.41) is 16.1. The Morgan fingerprint density at radius 1 is 1.12 bits per heavy atom. The topological polar surface area (TPSA) is 86.6 Å². The molecule has 0 spiro atoms. The summed E-state index contributed by atoms with van der Waals surface area (Å²) in [6.45, 7) is 4.25. The molecule has 42 heavy (non-hydrogen) atoms. The molecular formula is C33H33FN6O2. The Morgan fingerprint density at radius 3 is 2.67 bits per heavy atom. The van der Waals surface area contributed by atoms with E-state index in [9.17, 15) is 5.11 Å². The quantitative estimate of drug-likeness (QED) is 0.340. The molecule has 2 unspecified atom stereocenters. The van der Waals surface area contributed by atoms with Crippen LogP contribution in [-0.2, 0) is 0 Å². The number of ether oxygens (including phenoxy) is 1. The number of aromatic hydroxyl groups is 1. The van der Waals surface area contributed by atoms with E-state index in [0.29, 0.717) is 51.8 Å². The number of phenolic OH excluding ortho intramolecular Hbond substituents is 1. The summed E-state index contributed by atoms with van der Waals surface area (Å²) in [7, 11) is 0. The molecule has 2 aromatic heterocycles. The lowest BCUT2D eigenvalue weighted by atomic mass is 9.95. The van der Waals surface area contributed by atoms with Crippen LogP contribution in [0.4, 0.5) is 10.2 Å². The van der Waals surface area contributed by atoms with Gasteiger partial charge in [0.25, 0.3) is 0 Å². The summed E-state index contributed by atoms with van der Waals surface area (Å²) < 4.78 is 23.1. The first-order valence-electron chi connectivity index (χ1n) is 15.0. The van der Waals surface area contributed by atoms with Crippen molar-refractivity contribution in [3.05, 3.63) is 47.9 Å². The third-order valence-corrected chi connectivity index (χ3v) is 9.81. The fourth-order valence-electron chi connectivity index (χ4n) is 7.86. The minimum absolute atomic E-state index is 0.00796. The van der Waals surface area contributed by atoms with Crippen LogP contribution in [0.3, 0.4) is 0 Å². The lowest BCUT2D eigenvalue weighted by Gasteiger charge is -2.34. The summed E-state index contributed by atoms with van der Waals surface area (Å²) in [5.41, 5.74) is 1.28. The lowest BCUT2D eigenvalue weighted by molar-refractivity contribution is 0.108. The first kappa shape index (κ1) is 25.7. The number of pyridine rings is 1. The Hall–Kier alpha value is -4.00. The minimum atomic E-state index is -0.584. The van der Waals surface area contributed by atoms with Crippen molar-refractivity contribution in [1.29, 1.82) is 0 Å². The van der Waals surface area contributed by atoms with Crippen LogP contribution in [0.25, 0.3) is 32.9 Å². The maximum atomic E-state index is 16.7. The van der Waals surface area contributed by atoms with Gasteiger partial charge in [0.1, 0.15) is 29.4 Å². The second-order valence-corrected chi connectivity index (χ2v) is 12.3. The van der Waals surface area contributed by atoms with E-state index in [1.165, 1.54) is 6.07 Å². The van der Waals surface area contributed by atoms with Gasteiger partial charge in [-0.15, -0.1) is 6.42 Å². The van der Waals surface area contributed by atoms with Gasteiger partial charge in [-0.05, 0) is 75.2 Å². The molecule has 214 valence electrons. The van der Waals surface area contributed by atoms with E-state index in [-0.39, 0.29) is 28.5 Å². The predicted octanol–water partition coefficient (Wildman–Crippen LogP) is 4.62. The highest BCUT2D eigenvalue weighted by Crippen LogP contribution is 2.41. The minimum Gasteiger partial charge on any atom is -0.508 e. The standard InChI is InChI=1S/C33H33FN6O2/c1-2-20-6-3-7-21-14-24(41)15-25(27(20)21)29-28(34)30-26(16-35-29)31(39-17-22-8-9-23(18-39)36-22)38-32(37-30)42-19-33-10-4-12-40(33)13-5-11-33/h1,3,6-7,14-16,22-23,36,41H,4-5,8-13,17-19H2. The first-order chi connectivity index (χ1) is 20.5. The predicted molar refractivity (Wildman–Crippen MR) is 160 cm³/mol. The van der Waals surface area contributed by atoms with Crippen molar-refractivity contribution >= 4 is 27.5 Å². The number of hydrogen-bond acceptors (Lipinski definition) is 8. The number of nitrogens with zero attached hydrogens (tertiary/aromatic N) is 5. The number of anilines is 1. The van der Waals surface area contributed by atoms with Gasteiger partial charge >= 0.3 is 6.01 Å². The molecule has 0 aliphatic carbocycles. The summed E-state index contributed by atoms with van der Waals surface area (Å²) >= 11 is 0. The van der Waals surface area contributed by atoms with Gasteiger partial charge < -0.3 is 20.1 Å². The molecule has 0 radical (unpaired) electrons. The maximum Gasteiger partial charge on any atom is 0.319 e. The second-order valence-electron chi connectivity index (χ2n) is 12.3. The zero-order chi connectivity index (χ0) is 28.4. The van der Waals surface area contributed by atoms with Gasteiger partial charge in [-0.3, -0.25) is 9.88 Å². The zero-order valence-corrected chi connectivity index (χ0v) is 23.4. The summed E-state index contributed by atoms with van der Waals surface area (Å²) in [4.78, 5) is 18.9. The molecule has 4 saturated heterocycles. The Morgan fingerprint density at radius 2 is 1.90 bits per heavy atom. The molecule has 6 heterocycles. The summed E-state index contributed by atoms with van der Waals surface area (Å²) in [5.74, 6) is 2.78. The van der Waals surface area contributed by atoms with Gasteiger partial charge in [0, 0.05) is 47.9 Å². The fourth-order valence-corrected chi connectivity index (χ4v) is 7.86. The zero-order valence-electron chi connectivity index (χ0n) is 23.4. The van der Waals surface area contributed by atoms with Crippen LogP contribution in [0.15, 0.2) is 36.5 Å². The number of benzene rings is 2. The van der Waals surface area contributed by atoms with Crippen molar-refractivity contribution in [3.63, 3.8) is 0 Å². The number of aromatic nitrogens is 3. The van der Waals surface area contributed by atoms with Crippen LogP contribution in [0.5, 0.6) is 11.8 Å². The number of hydrogen-bond donors (Lipinski definition) is 2. The van der Waals surface area contributed by atoms with Crippen molar-refractivity contribution in [2.75, 3.05) is 37.7 Å². The van der Waals surface area contributed by atoms with Gasteiger partial charge in [0.2, 0.25) is 0 Å². The molecule has 2 aromatic carbocycles. The monoisotopic (exact) mass is 564 g/mol. The number of piperazine rings is 1. The van der Waals surface area contributed by atoms with Gasteiger partial charge in [-0.2, -0.15) is 9.97 Å². The van der Waals surface area contributed by atoms with Crippen LogP contribution in [0.2, 0.25) is 0 Å². The lowest BCUT2D eigenvalue weighted by Crippen LogP contribution is -2.51. The average Bonchev–Trinajstić information content (AvgIpc) is 3.68. The number of nitrogens with one attached hydrogen (secondary N) is 1. The smallest absolute Gasteiger partial charge is 0.319 e. The van der Waals surface area contributed by atoms with Gasteiger partial charge in [0.05, 0.1) is 10.9 Å². The van der Waals surface area contributed by atoms with E-state index < -0.39 is 5.82 Å². The van der Waals surface area contributed by atoms with Gasteiger partial charge in [-0.25, -0.2) is 4.39 Å². The largest absolute Gasteiger partial charge is 0.508 e. The molecule has 4 aliphatic rings. The van der Waals surface area contributed by atoms with Crippen molar-refractivity contribution in [1.82, 2.24) is 25.2 Å². The van der Waals surface area contributed by atoms with Crippen LogP contribution < -0.4 is 15.0 Å². The third-order valence-electron chi connectivity index (χ3n) is 9.81.